The summed E-state index contributed by atoms with van der Waals surface area (Å²) in [5.41, 5.74) is 0. The molecule has 0 heterocycles. The average Bonchev–Trinajstić information content (AvgIpc) is 2.00. The SMILES string of the molecule is CCNC(=S)N(CC)CCO. The van der Waals surface area contributed by atoms with Gasteiger partial charge in [0.2, 0.25) is 0 Å². The Morgan fingerprint density at radius 1 is 1.55 bits per heavy atom. The summed E-state index contributed by atoms with van der Waals surface area (Å²) in [6, 6.07) is 0. The minimum absolute atomic E-state index is 0.152. The number of nitrogens with one attached hydrogen (secondary N) is 1. The highest BCUT2D eigenvalue weighted by molar-refractivity contribution is 7.80. The van der Waals surface area contributed by atoms with E-state index in [1.807, 2.05) is 18.7 Å². The van der Waals surface area contributed by atoms with Crippen molar-refractivity contribution >= 4 is 17.3 Å². The van der Waals surface area contributed by atoms with E-state index in [0.717, 1.165) is 18.2 Å². The number of aliphatic hydroxyl groups excluding tert-OH is 1. The molecule has 0 bridgehead atoms. The van der Waals surface area contributed by atoms with E-state index in [1.165, 1.54) is 0 Å². The van der Waals surface area contributed by atoms with Crippen LogP contribution in [0.5, 0.6) is 0 Å². The minimum atomic E-state index is 0.152. The number of thiocarbonyl (C=S) groups is 1. The molecule has 0 aromatic carbocycles. The first kappa shape index (κ1) is 10.7. The summed E-state index contributed by atoms with van der Waals surface area (Å²) in [7, 11) is 0. The second kappa shape index (κ2) is 6.37. The van der Waals surface area contributed by atoms with Gasteiger partial charge >= 0.3 is 0 Å². The number of likely N-dealkylation sites (N-methyl/N-ethyl adjacent to an activating group) is 1. The first-order chi connectivity index (χ1) is 5.26. The van der Waals surface area contributed by atoms with Crippen LogP contribution in [-0.4, -0.2) is 41.4 Å². The highest BCUT2D eigenvalue weighted by Crippen LogP contribution is 1.87. The maximum absolute atomic E-state index is 8.66. The smallest absolute Gasteiger partial charge is 0.168 e. The van der Waals surface area contributed by atoms with Crippen LogP contribution < -0.4 is 5.32 Å². The predicted molar refractivity (Wildman–Crippen MR) is 50.6 cm³/mol. The topological polar surface area (TPSA) is 35.5 Å². The van der Waals surface area contributed by atoms with Gasteiger partial charge in [0.1, 0.15) is 0 Å². The lowest BCUT2D eigenvalue weighted by molar-refractivity contribution is 0.252. The summed E-state index contributed by atoms with van der Waals surface area (Å²) < 4.78 is 0. The Morgan fingerprint density at radius 3 is 2.55 bits per heavy atom. The lowest BCUT2D eigenvalue weighted by Crippen LogP contribution is -2.40. The molecule has 0 spiro atoms. The highest BCUT2D eigenvalue weighted by atomic mass is 32.1. The van der Waals surface area contributed by atoms with Crippen LogP contribution in [0.25, 0.3) is 0 Å². The summed E-state index contributed by atoms with van der Waals surface area (Å²) in [5, 5.41) is 12.4. The lowest BCUT2D eigenvalue weighted by Gasteiger charge is -2.22. The number of hydrogen-bond donors (Lipinski definition) is 2. The van der Waals surface area contributed by atoms with Crippen molar-refractivity contribution in [1.82, 2.24) is 10.2 Å². The standard InChI is InChI=1S/C7H16N2OS/c1-3-8-7(11)9(4-2)5-6-10/h10H,3-6H2,1-2H3,(H,8,11). The Balaban J connectivity index is 3.71. The first-order valence-corrected chi connectivity index (χ1v) is 4.30. The van der Waals surface area contributed by atoms with Gasteiger partial charge in [0.25, 0.3) is 0 Å². The molecule has 0 atom stereocenters. The van der Waals surface area contributed by atoms with Crippen molar-refractivity contribution in [3.63, 3.8) is 0 Å². The zero-order valence-electron chi connectivity index (χ0n) is 7.13. The molecule has 0 aliphatic carbocycles. The fourth-order valence-electron chi connectivity index (χ4n) is 0.787. The molecule has 0 aliphatic heterocycles. The lowest BCUT2D eigenvalue weighted by atomic mass is 10.5. The first-order valence-electron chi connectivity index (χ1n) is 3.89. The van der Waals surface area contributed by atoms with Gasteiger partial charge in [-0.2, -0.15) is 0 Å². The van der Waals surface area contributed by atoms with Gasteiger partial charge in [0.05, 0.1) is 6.61 Å². The van der Waals surface area contributed by atoms with E-state index in [4.69, 9.17) is 17.3 Å². The van der Waals surface area contributed by atoms with Gasteiger partial charge in [-0.15, -0.1) is 0 Å². The molecule has 0 rings (SSSR count). The fourth-order valence-corrected chi connectivity index (χ4v) is 1.15. The van der Waals surface area contributed by atoms with Crippen LogP contribution in [0.1, 0.15) is 13.8 Å². The Bertz CT molecular complexity index is 119. The van der Waals surface area contributed by atoms with Crippen molar-refractivity contribution < 1.29 is 5.11 Å². The minimum Gasteiger partial charge on any atom is -0.395 e. The molecule has 0 aliphatic rings. The molecule has 0 unspecified atom stereocenters. The molecule has 4 heteroatoms. The van der Waals surface area contributed by atoms with E-state index >= 15 is 0 Å². The van der Waals surface area contributed by atoms with E-state index in [9.17, 15) is 0 Å². The average molecular weight is 176 g/mol. The third-order valence-corrected chi connectivity index (χ3v) is 1.77. The molecule has 0 saturated carbocycles. The van der Waals surface area contributed by atoms with Crippen LogP contribution in [0.3, 0.4) is 0 Å². The highest BCUT2D eigenvalue weighted by Gasteiger charge is 2.03. The van der Waals surface area contributed by atoms with E-state index in [1.54, 1.807) is 0 Å². The summed E-state index contributed by atoms with van der Waals surface area (Å²) in [6.45, 7) is 6.45. The van der Waals surface area contributed by atoms with Crippen LogP contribution in [0.15, 0.2) is 0 Å². The van der Waals surface area contributed by atoms with Crippen molar-refractivity contribution in [3.05, 3.63) is 0 Å². The zero-order chi connectivity index (χ0) is 8.69. The van der Waals surface area contributed by atoms with Crippen molar-refractivity contribution in [3.8, 4) is 0 Å². The quantitative estimate of drug-likeness (QED) is 0.600. The second-order valence-electron chi connectivity index (χ2n) is 2.14. The fraction of sp³-hybridized carbons (Fsp3) is 0.857. The third kappa shape index (κ3) is 4.16. The van der Waals surface area contributed by atoms with E-state index < -0.39 is 0 Å². The molecule has 0 amide bonds. The second-order valence-corrected chi connectivity index (χ2v) is 2.53. The van der Waals surface area contributed by atoms with Crippen molar-refractivity contribution in [2.24, 2.45) is 0 Å². The Kier molecular flexibility index (Phi) is 6.16. The van der Waals surface area contributed by atoms with Crippen LogP contribution in [-0.2, 0) is 0 Å². The Morgan fingerprint density at radius 2 is 2.18 bits per heavy atom. The number of hydrogen-bond acceptors (Lipinski definition) is 2. The molecule has 66 valence electrons. The van der Waals surface area contributed by atoms with Crippen molar-refractivity contribution in [1.29, 1.82) is 0 Å². The van der Waals surface area contributed by atoms with Crippen molar-refractivity contribution in [2.45, 2.75) is 13.8 Å². The van der Waals surface area contributed by atoms with Gasteiger partial charge in [-0.05, 0) is 26.1 Å². The van der Waals surface area contributed by atoms with Gasteiger partial charge in [0.15, 0.2) is 5.11 Å². The van der Waals surface area contributed by atoms with Gasteiger partial charge < -0.3 is 15.3 Å². The van der Waals surface area contributed by atoms with E-state index in [2.05, 4.69) is 5.32 Å². The molecule has 0 aromatic heterocycles. The third-order valence-electron chi connectivity index (χ3n) is 1.37. The maximum Gasteiger partial charge on any atom is 0.168 e. The Labute approximate surface area is 73.4 Å². The summed E-state index contributed by atoms with van der Waals surface area (Å²) >= 11 is 5.04. The zero-order valence-corrected chi connectivity index (χ0v) is 7.95. The van der Waals surface area contributed by atoms with Gasteiger partial charge in [0, 0.05) is 19.6 Å². The predicted octanol–water partition coefficient (Wildman–Crippen LogP) is 0.195. The van der Waals surface area contributed by atoms with Gasteiger partial charge in [-0.25, -0.2) is 0 Å². The van der Waals surface area contributed by atoms with Crippen LogP contribution in [0.2, 0.25) is 0 Å². The largest absolute Gasteiger partial charge is 0.395 e. The Hall–Kier alpha value is -0.350. The van der Waals surface area contributed by atoms with E-state index in [-0.39, 0.29) is 6.61 Å². The van der Waals surface area contributed by atoms with Crippen LogP contribution in [0.4, 0.5) is 0 Å². The molecule has 0 radical (unpaired) electrons. The normalized spacial score (nSPS) is 9.36. The van der Waals surface area contributed by atoms with Gasteiger partial charge in [-0.1, -0.05) is 0 Å². The summed E-state index contributed by atoms with van der Waals surface area (Å²) in [5.74, 6) is 0. The summed E-state index contributed by atoms with van der Waals surface area (Å²) in [4.78, 5) is 1.93. The summed E-state index contributed by atoms with van der Waals surface area (Å²) in [6.07, 6.45) is 0. The van der Waals surface area contributed by atoms with Crippen molar-refractivity contribution in [2.75, 3.05) is 26.2 Å². The van der Waals surface area contributed by atoms with Crippen LogP contribution in [0, 0.1) is 0 Å². The molecular weight excluding hydrogens is 160 g/mol. The van der Waals surface area contributed by atoms with Crippen LogP contribution >= 0.6 is 12.2 Å². The molecule has 0 saturated heterocycles. The molecule has 0 fully saturated rings. The molecule has 2 N–H and O–H groups in total. The van der Waals surface area contributed by atoms with E-state index in [0.29, 0.717) is 6.54 Å². The molecule has 11 heavy (non-hydrogen) atoms. The molecule has 3 nitrogen and oxygen atoms in total. The van der Waals surface area contributed by atoms with Gasteiger partial charge in [-0.3, -0.25) is 0 Å². The molecule has 0 aromatic rings. The maximum atomic E-state index is 8.66. The number of rotatable bonds is 4. The monoisotopic (exact) mass is 176 g/mol. The molecular formula is C7H16N2OS. The number of aliphatic hydroxyl groups is 1. The number of nitrogens with zero attached hydrogens (tertiary/aromatic N) is 1.